The zero-order valence-electron chi connectivity index (χ0n) is 27.8. The van der Waals surface area contributed by atoms with Crippen LogP contribution in [0.25, 0.3) is 0 Å². The second-order valence-electron chi connectivity index (χ2n) is 11.2. The first-order chi connectivity index (χ1) is 22.0. The van der Waals surface area contributed by atoms with E-state index in [-0.39, 0.29) is 31.8 Å². The Morgan fingerprint density at radius 2 is 0.956 bits per heavy atom. The molecule has 3 amide bonds. The van der Waals surface area contributed by atoms with E-state index in [1.165, 1.54) is 70.6 Å². The molecule has 0 atom stereocenters. The average Bonchev–Trinajstić information content (AvgIpc) is 3.34. The minimum absolute atomic E-state index is 0.0637. The molecule has 1 saturated heterocycles. The van der Waals surface area contributed by atoms with E-state index in [4.69, 9.17) is 28.5 Å². The van der Waals surface area contributed by atoms with Crippen molar-refractivity contribution in [1.82, 2.24) is 10.4 Å². The van der Waals surface area contributed by atoms with Gasteiger partial charge in [0.2, 0.25) is 5.91 Å². The van der Waals surface area contributed by atoms with Crippen LogP contribution in [0.15, 0.2) is 0 Å². The predicted molar refractivity (Wildman–Crippen MR) is 169 cm³/mol. The molecule has 1 aliphatic rings. The fourth-order valence-corrected chi connectivity index (χ4v) is 4.60. The Labute approximate surface area is 270 Å². The average molecular weight is 645 g/mol. The van der Waals surface area contributed by atoms with E-state index < -0.39 is 17.8 Å². The van der Waals surface area contributed by atoms with Crippen molar-refractivity contribution in [2.45, 2.75) is 116 Å². The van der Waals surface area contributed by atoms with Crippen molar-refractivity contribution < 1.29 is 47.7 Å². The minimum atomic E-state index is -0.694. The molecule has 1 heterocycles. The Balaban J connectivity index is 1.71. The van der Waals surface area contributed by atoms with Gasteiger partial charge in [0.1, 0.15) is 0 Å². The number of hydrogen-bond donors (Lipinski definition) is 1. The van der Waals surface area contributed by atoms with Gasteiger partial charge in [-0.25, -0.2) is 4.79 Å². The maximum absolute atomic E-state index is 11.9. The van der Waals surface area contributed by atoms with Gasteiger partial charge < -0.3 is 33.8 Å². The minimum Gasteiger partial charge on any atom is -0.378 e. The van der Waals surface area contributed by atoms with Gasteiger partial charge in [-0.3, -0.25) is 14.4 Å². The second-order valence-corrected chi connectivity index (χ2v) is 11.2. The van der Waals surface area contributed by atoms with E-state index >= 15 is 0 Å². The Kier molecular flexibility index (Phi) is 27.8. The highest BCUT2D eigenvalue weighted by atomic mass is 16.7. The SMILES string of the molecule is CCCCCCCCCCCCCCCC(=O)NCCOCCOCCOCCOCCOCCC(=O)ON1C(=O)CCC1=O. The third-order valence-corrected chi connectivity index (χ3v) is 7.21. The summed E-state index contributed by atoms with van der Waals surface area (Å²) in [6.07, 6.45) is 17.6. The molecule has 0 aliphatic carbocycles. The van der Waals surface area contributed by atoms with E-state index in [2.05, 4.69) is 12.2 Å². The molecule has 12 heteroatoms. The van der Waals surface area contributed by atoms with Crippen LogP contribution in [-0.4, -0.2) is 101 Å². The summed E-state index contributed by atoms with van der Waals surface area (Å²) in [5.74, 6) is -1.61. The van der Waals surface area contributed by atoms with Crippen LogP contribution < -0.4 is 5.32 Å². The van der Waals surface area contributed by atoms with E-state index in [0.29, 0.717) is 77.5 Å². The van der Waals surface area contributed by atoms with Gasteiger partial charge >= 0.3 is 5.97 Å². The molecule has 262 valence electrons. The molecular weight excluding hydrogens is 584 g/mol. The van der Waals surface area contributed by atoms with Gasteiger partial charge in [-0.15, -0.1) is 5.06 Å². The predicted octanol–water partition coefficient (Wildman–Crippen LogP) is 4.66. The van der Waals surface area contributed by atoms with E-state index in [1.54, 1.807) is 0 Å². The van der Waals surface area contributed by atoms with Gasteiger partial charge in [0.05, 0.1) is 72.5 Å². The fraction of sp³-hybridized carbons (Fsp3) is 0.879. The molecule has 45 heavy (non-hydrogen) atoms. The van der Waals surface area contributed by atoms with Crippen LogP contribution in [0.5, 0.6) is 0 Å². The fourth-order valence-electron chi connectivity index (χ4n) is 4.60. The molecule has 1 rings (SSSR count). The number of hydrogen-bond acceptors (Lipinski definition) is 10. The quantitative estimate of drug-likeness (QED) is 0.0793. The number of rotatable bonds is 33. The Morgan fingerprint density at radius 3 is 1.42 bits per heavy atom. The Morgan fingerprint density at radius 1 is 0.556 bits per heavy atom. The maximum atomic E-state index is 11.9. The molecule has 0 unspecified atom stereocenters. The lowest BCUT2D eigenvalue weighted by Gasteiger charge is -2.12. The van der Waals surface area contributed by atoms with Crippen LogP contribution in [0.1, 0.15) is 116 Å². The van der Waals surface area contributed by atoms with Gasteiger partial charge in [-0.1, -0.05) is 84.0 Å². The standard InChI is InChI=1S/C33H60N2O10/c1-2-3-4-5-6-7-8-9-10-11-12-13-14-15-30(36)34-19-21-41-23-25-43-27-29-44-28-26-42-24-22-40-20-18-33(39)45-35-31(37)16-17-32(35)38/h2-29H2,1H3,(H,34,36). The number of nitrogens with one attached hydrogen (secondary N) is 1. The van der Waals surface area contributed by atoms with Crippen molar-refractivity contribution >= 4 is 23.7 Å². The molecule has 12 nitrogen and oxygen atoms in total. The number of ether oxygens (including phenoxy) is 5. The van der Waals surface area contributed by atoms with Crippen LogP contribution >= 0.6 is 0 Å². The first kappa shape index (κ1) is 40.9. The highest BCUT2D eigenvalue weighted by Crippen LogP contribution is 2.13. The lowest BCUT2D eigenvalue weighted by molar-refractivity contribution is -0.198. The van der Waals surface area contributed by atoms with Crippen molar-refractivity contribution in [3.8, 4) is 0 Å². The molecule has 1 aliphatic heterocycles. The molecule has 0 aromatic heterocycles. The summed E-state index contributed by atoms with van der Waals surface area (Å²) in [7, 11) is 0. The number of carbonyl (C=O) groups is 4. The number of hydroxylamine groups is 2. The number of amides is 3. The van der Waals surface area contributed by atoms with Crippen LogP contribution in [0, 0.1) is 0 Å². The molecule has 0 radical (unpaired) electrons. The number of carbonyl (C=O) groups excluding carboxylic acids is 4. The summed E-state index contributed by atoms with van der Waals surface area (Å²) in [5, 5.41) is 3.43. The molecule has 1 fully saturated rings. The van der Waals surface area contributed by atoms with Crippen LogP contribution in [-0.2, 0) is 47.7 Å². The molecule has 0 saturated carbocycles. The summed E-state index contributed by atoms with van der Waals surface area (Å²) < 4.78 is 27.0. The lowest BCUT2D eigenvalue weighted by Crippen LogP contribution is -2.32. The smallest absolute Gasteiger partial charge is 0.335 e. The number of imide groups is 1. The number of unbranched alkanes of at least 4 members (excludes halogenated alkanes) is 12. The summed E-state index contributed by atoms with van der Waals surface area (Å²) >= 11 is 0. The summed E-state index contributed by atoms with van der Waals surface area (Å²) in [5.41, 5.74) is 0. The van der Waals surface area contributed by atoms with Crippen LogP contribution in [0.2, 0.25) is 0 Å². The van der Waals surface area contributed by atoms with Gasteiger partial charge in [-0.2, -0.15) is 0 Å². The Bertz CT molecular complexity index is 752. The van der Waals surface area contributed by atoms with Gasteiger partial charge in [-0.05, 0) is 6.42 Å². The van der Waals surface area contributed by atoms with Crippen molar-refractivity contribution in [2.24, 2.45) is 0 Å². The van der Waals surface area contributed by atoms with Crippen LogP contribution in [0.3, 0.4) is 0 Å². The topological polar surface area (TPSA) is 139 Å². The maximum Gasteiger partial charge on any atom is 0.335 e. The van der Waals surface area contributed by atoms with Crippen molar-refractivity contribution in [1.29, 1.82) is 0 Å². The molecule has 1 N–H and O–H groups in total. The third-order valence-electron chi connectivity index (χ3n) is 7.21. The molecule has 0 aromatic carbocycles. The van der Waals surface area contributed by atoms with Crippen LogP contribution in [0.4, 0.5) is 0 Å². The highest BCUT2D eigenvalue weighted by Gasteiger charge is 2.32. The van der Waals surface area contributed by atoms with Crippen molar-refractivity contribution in [3.05, 3.63) is 0 Å². The zero-order chi connectivity index (χ0) is 32.6. The summed E-state index contributed by atoms with van der Waals surface area (Å²) in [6, 6.07) is 0. The monoisotopic (exact) mass is 644 g/mol. The van der Waals surface area contributed by atoms with Gasteiger partial charge in [0.15, 0.2) is 0 Å². The first-order valence-corrected chi connectivity index (χ1v) is 17.3. The Hall–Kier alpha value is -2.12. The van der Waals surface area contributed by atoms with E-state index in [0.717, 1.165) is 12.8 Å². The highest BCUT2D eigenvalue weighted by molar-refractivity contribution is 6.01. The van der Waals surface area contributed by atoms with E-state index in [9.17, 15) is 19.2 Å². The first-order valence-electron chi connectivity index (χ1n) is 17.3. The summed E-state index contributed by atoms with van der Waals surface area (Å²) in [4.78, 5) is 51.1. The third kappa shape index (κ3) is 25.7. The zero-order valence-corrected chi connectivity index (χ0v) is 27.8. The largest absolute Gasteiger partial charge is 0.378 e. The van der Waals surface area contributed by atoms with E-state index in [1.807, 2.05) is 0 Å². The normalized spacial score (nSPS) is 13.1. The molecule has 0 spiro atoms. The lowest BCUT2D eigenvalue weighted by atomic mass is 10.0. The second kappa shape index (κ2) is 30.5. The van der Waals surface area contributed by atoms with Gasteiger partial charge in [0.25, 0.3) is 11.8 Å². The molecule has 0 aromatic rings. The van der Waals surface area contributed by atoms with Crippen molar-refractivity contribution in [2.75, 3.05) is 72.6 Å². The summed E-state index contributed by atoms with van der Waals surface area (Å²) in [6.45, 7) is 6.62. The number of nitrogens with zero attached hydrogens (tertiary/aromatic N) is 1. The van der Waals surface area contributed by atoms with Gasteiger partial charge in [0, 0.05) is 25.8 Å². The molecular formula is C33H60N2O10. The van der Waals surface area contributed by atoms with Crippen molar-refractivity contribution in [3.63, 3.8) is 0 Å². The molecule has 0 bridgehead atoms.